The lowest BCUT2D eigenvalue weighted by atomic mass is 10.1. The van der Waals surface area contributed by atoms with Crippen LogP contribution in [-0.2, 0) is 17.5 Å². The zero-order valence-electron chi connectivity index (χ0n) is 12.9. The Morgan fingerprint density at radius 1 is 1.16 bits per heavy atom. The Balaban J connectivity index is 0.00000312. The molecule has 9 heteroatoms. The molecule has 1 aromatic heterocycles. The molecule has 0 unspecified atom stereocenters. The molecule has 0 spiro atoms. The molecule has 0 aliphatic heterocycles. The minimum absolute atomic E-state index is 0. The summed E-state index contributed by atoms with van der Waals surface area (Å²) in [5.74, 6) is -0.700. The molecule has 1 heterocycles. The lowest BCUT2D eigenvalue weighted by Gasteiger charge is -2.12. The summed E-state index contributed by atoms with van der Waals surface area (Å²) in [4.78, 5) is 24.2. The highest BCUT2D eigenvalue weighted by molar-refractivity contribution is 7.12. The fourth-order valence-corrected chi connectivity index (χ4v) is 2.75. The number of nitrogens with two attached hydrogens (primary N) is 1. The number of anilines is 1. The minimum Gasteiger partial charge on any atom is -0.326 e. The number of amides is 1. The number of hydrogen-bond acceptors (Lipinski definition) is 4. The van der Waals surface area contributed by atoms with Crippen molar-refractivity contribution in [2.75, 3.05) is 5.32 Å². The standard InChI is InChI=1S/C16H15F3N2O2S.ClH/c17-16(18,19)11-6-10(9-20)7-12(8-11)21-15(23)4-3-13(22)14-2-1-5-24-14;/h1-2,5-8H,3-4,9,20H2,(H,21,23);1H. The van der Waals surface area contributed by atoms with E-state index in [0.717, 1.165) is 12.1 Å². The van der Waals surface area contributed by atoms with Crippen molar-refractivity contribution in [2.24, 2.45) is 5.73 Å². The SMILES string of the molecule is Cl.NCc1cc(NC(=O)CCC(=O)c2cccs2)cc(C(F)(F)F)c1. The number of thiophene rings is 1. The molecule has 0 radical (unpaired) electrons. The summed E-state index contributed by atoms with van der Waals surface area (Å²) in [5, 5.41) is 4.14. The number of ketones is 1. The summed E-state index contributed by atoms with van der Waals surface area (Å²) in [6.07, 6.45) is -4.64. The van der Waals surface area contributed by atoms with Gasteiger partial charge in [0, 0.05) is 25.1 Å². The van der Waals surface area contributed by atoms with Crippen LogP contribution in [0.1, 0.15) is 33.6 Å². The van der Waals surface area contributed by atoms with Gasteiger partial charge in [-0.3, -0.25) is 9.59 Å². The third-order valence-corrected chi connectivity index (χ3v) is 4.13. The van der Waals surface area contributed by atoms with Crippen LogP contribution in [0.3, 0.4) is 0 Å². The Morgan fingerprint density at radius 3 is 2.44 bits per heavy atom. The summed E-state index contributed by atoms with van der Waals surface area (Å²) >= 11 is 1.28. The molecular formula is C16H16ClF3N2O2S. The van der Waals surface area contributed by atoms with Crippen LogP contribution in [0.15, 0.2) is 35.7 Å². The number of hydrogen-bond donors (Lipinski definition) is 2. The largest absolute Gasteiger partial charge is 0.416 e. The maximum atomic E-state index is 12.8. The molecule has 0 fully saturated rings. The van der Waals surface area contributed by atoms with Gasteiger partial charge in [0.1, 0.15) is 0 Å². The fourth-order valence-electron chi connectivity index (χ4n) is 2.06. The van der Waals surface area contributed by atoms with E-state index in [4.69, 9.17) is 5.73 Å². The Bertz CT molecular complexity index is 733. The molecule has 0 aliphatic carbocycles. The highest BCUT2D eigenvalue weighted by Gasteiger charge is 2.31. The number of Topliss-reactive ketones (excluding diaryl/α,β-unsaturated/α-hetero) is 1. The van der Waals surface area contributed by atoms with Crippen molar-refractivity contribution in [2.45, 2.75) is 25.6 Å². The predicted octanol–water partition coefficient (Wildman–Crippen LogP) is 4.25. The summed E-state index contributed by atoms with van der Waals surface area (Å²) in [7, 11) is 0. The van der Waals surface area contributed by atoms with Crippen molar-refractivity contribution >= 4 is 41.1 Å². The number of carbonyl (C=O) groups excluding carboxylic acids is 2. The third kappa shape index (κ3) is 6.15. The average Bonchev–Trinajstić information content (AvgIpc) is 3.06. The first kappa shape index (κ1) is 21.1. The summed E-state index contributed by atoms with van der Waals surface area (Å²) in [5.41, 5.74) is 4.78. The van der Waals surface area contributed by atoms with Crippen LogP contribution < -0.4 is 11.1 Å². The molecule has 2 aromatic rings. The fraction of sp³-hybridized carbons (Fsp3) is 0.250. The van der Waals surface area contributed by atoms with Gasteiger partial charge in [-0.25, -0.2) is 0 Å². The van der Waals surface area contributed by atoms with Crippen molar-refractivity contribution in [1.82, 2.24) is 0 Å². The van der Waals surface area contributed by atoms with Gasteiger partial charge in [-0.2, -0.15) is 13.2 Å². The highest BCUT2D eigenvalue weighted by atomic mass is 35.5. The number of carbonyl (C=O) groups is 2. The molecule has 1 amide bonds. The lowest BCUT2D eigenvalue weighted by Crippen LogP contribution is -2.15. The Kier molecular flexibility index (Phi) is 7.60. The van der Waals surface area contributed by atoms with Crippen molar-refractivity contribution in [3.05, 3.63) is 51.7 Å². The summed E-state index contributed by atoms with van der Waals surface area (Å²) < 4.78 is 38.5. The molecule has 0 atom stereocenters. The number of nitrogens with one attached hydrogen (secondary N) is 1. The van der Waals surface area contributed by atoms with Crippen LogP contribution in [0.25, 0.3) is 0 Å². The van der Waals surface area contributed by atoms with Crippen molar-refractivity contribution in [1.29, 1.82) is 0 Å². The van der Waals surface area contributed by atoms with Gasteiger partial charge in [-0.15, -0.1) is 23.7 Å². The summed E-state index contributed by atoms with van der Waals surface area (Å²) in [6.45, 7) is -0.0797. The molecule has 0 bridgehead atoms. The molecule has 3 N–H and O–H groups in total. The van der Waals surface area contributed by atoms with Crippen molar-refractivity contribution < 1.29 is 22.8 Å². The normalized spacial score (nSPS) is 10.9. The maximum absolute atomic E-state index is 12.8. The Morgan fingerprint density at radius 2 is 1.88 bits per heavy atom. The molecule has 4 nitrogen and oxygen atoms in total. The monoisotopic (exact) mass is 392 g/mol. The first-order chi connectivity index (χ1) is 11.3. The Hall–Kier alpha value is -1.90. The Labute approximate surface area is 152 Å². The van der Waals surface area contributed by atoms with Crippen LogP contribution in [0.2, 0.25) is 0 Å². The first-order valence-electron chi connectivity index (χ1n) is 7.07. The maximum Gasteiger partial charge on any atom is 0.416 e. The lowest BCUT2D eigenvalue weighted by molar-refractivity contribution is -0.137. The average molecular weight is 393 g/mol. The van der Waals surface area contributed by atoms with Gasteiger partial charge in [0.2, 0.25) is 5.91 Å². The molecular weight excluding hydrogens is 377 g/mol. The van der Waals surface area contributed by atoms with Crippen LogP contribution in [0.5, 0.6) is 0 Å². The van der Waals surface area contributed by atoms with Crippen molar-refractivity contribution in [3.63, 3.8) is 0 Å². The van der Waals surface area contributed by atoms with Crippen LogP contribution in [-0.4, -0.2) is 11.7 Å². The van der Waals surface area contributed by atoms with Crippen molar-refractivity contribution in [3.8, 4) is 0 Å². The predicted molar refractivity (Wildman–Crippen MR) is 93.1 cm³/mol. The van der Waals surface area contributed by atoms with Gasteiger partial charge < -0.3 is 11.1 Å². The quantitative estimate of drug-likeness (QED) is 0.722. The second-order valence-corrected chi connectivity index (χ2v) is 6.02. The number of rotatable bonds is 6. The van der Waals surface area contributed by atoms with Gasteiger partial charge in [0.15, 0.2) is 5.78 Å². The highest BCUT2D eigenvalue weighted by Crippen LogP contribution is 2.32. The van der Waals surface area contributed by atoms with E-state index in [1.165, 1.54) is 17.4 Å². The second kappa shape index (κ2) is 8.98. The molecule has 2 rings (SSSR count). The topological polar surface area (TPSA) is 72.2 Å². The molecule has 136 valence electrons. The zero-order chi connectivity index (χ0) is 17.7. The van der Waals surface area contributed by atoms with Crippen LogP contribution >= 0.6 is 23.7 Å². The first-order valence-corrected chi connectivity index (χ1v) is 7.95. The van der Waals surface area contributed by atoms with Gasteiger partial charge >= 0.3 is 6.18 Å². The van der Waals surface area contributed by atoms with E-state index >= 15 is 0 Å². The van der Waals surface area contributed by atoms with E-state index < -0.39 is 17.6 Å². The smallest absolute Gasteiger partial charge is 0.326 e. The van der Waals surface area contributed by atoms with Gasteiger partial charge in [-0.05, 0) is 35.2 Å². The minimum atomic E-state index is -4.53. The van der Waals surface area contributed by atoms with E-state index in [1.54, 1.807) is 17.5 Å². The van der Waals surface area contributed by atoms with E-state index in [1.807, 2.05) is 0 Å². The van der Waals surface area contributed by atoms with E-state index in [9.17, 15) is 22.8 Å². The van der Waals surface area contributed by atoms with Gasteiger partial charge in [0.05, 0.1) is 10.4 Å². The number of benzene rings is 1. The van der Waals surface area contributed by atoms with Gasteiger partial charge in [-0.1, -0.05) is 6.07 Å². The molecule has 1 aromatic carbocycles. The zero-order valence-corrected chi connectivity index (χ0v) is 14.6. The third-order valence-electron chi connectivity index (χ3n) is 3.21. The molecule has 0 aliphatic rings. The number of alkyl halides is 3. The van der Waals surface area contributed by atoms with Crippen LogP contribution in [0, 0.1) is 0 Å². The summed E-state index contributed by atoms with van der Waals surface area (Å²) in [6, 6.07) is 6.56. The van der Waals surface area contributed by atoms with Crippen LogP contribution in [0.4, 0.5) is 18.9 Å². The van der Waals surface area contributed by atoms with E-state index in [2.05, 4.69) is 5.32 Å². The van der Waals surface area contributed by atoms with E-state index in [-0.39, 0.29) is 48.8 Å². The van der Waals surface area contributed by atoms with E-state index in [0.29, 0.717) is 4.88 Å². The molecule has 0 saturated carbocycles. The molecule has 0 saturated heterocycles. The second-order valence-electron chi connectivity index (χ2n) is 5.07. The van der Waals surface area contributed by atoms with Gasteiger partial charge in [0.25, 0.3) is 0 Å². The number of halogens is 4. The molecule has 25 heavy (non-hydrogen) atoms.